The Labute approximate surface area is 161 Å². The number of rotatable bonds is 4. The van der Waals surface area contributed by atoms with Crippen molar-refractivity contribution in [2.24, 2.45) is 5.92 Å². The van der Waals surface area contributed by atoms with E-state index in [9.17, 15) is 4.79 Å². The molecule has 0 unspecified atom stereocenters. The third-order valence-electron chi connectivity index (χ3n) is 5.62. The molecule has 2 aromatic rings. The average Bonchev–Trinajstić information content (AvgIpc) is 3.50. The molecule has 142 valence electrons. The summed E-state index contributed by atoms with van der Waals surface area (Å²) in [6, 6.07) is 8.68. The number of amides is 1. The molecule has 0 N–H and O–H groups in total. The number of nitrogens with zero attached hydrogens (tertiary/aromatic N) is 4. The molecule has 2 heterocycles. The van der Waals surface area contributed by atoms with Crippen LogP contribution in [0.4, 0.5) is 5.82 Å². The van der Waals surface area contributed by atoms with Crippen molar-refractivity contribution < 1.29 is 4.79 Å². The topological polar surface area (TPSA) is 49.3 Å². The summed E-state index contributed by atoms with van der Waals surface area (Å²) in [4.78, 5) is 26.1. The van der Waals surface area contributed by atoms with Crippen LogP contribution in [0.1, 0.15) is 41.1 Å². The molecule has 0 spiro atoms. The van der Waals surface area contributed by atoms with Crippen molar-refractivity contribution in [3.05, 3.63) is 52.5 Å². The van der Waals surface area contributed by atoms with Gasteiger partial charge in [-0.05, 0) is 39.2 Å². The zero-order valence-electron chi connectivity index (χ0n) is 16.5. The normalized spacial score (nSPS) is 17.3. The fraction of sp³-hybridized carbons (Fsp3) is 0.500. The molecule has 4 rings (SSSR count). The van der Waals surface area contributed by atoms with E-state index in [1.807, 2.05) is 11.8 Å². The average molecular weight is 364 g/mol. The van der Waals surface area contributed by atoms with Gasteiger partial charge in [-0.3, -0.25) is 4.79 Å². The molecule has 1 aliphatic heterocycles. The SMILES string of the molecule is Cc1ccc(Cc2c(C)nc(C)nc2N2CCN(C(=O)C3CC3)CC2)cc1. The van der Waals surface area contributed by atoms with Gasteiger partial charge < -0.3 is 9.80 Å². The van der Waals surface area contributed by atoms with Crippen LogP contribution >= 0.6 is 0 Å². The second-order valence-corrected chi connectivity index (χ2v) is 7.91. The Balaban J connectivity index is 1.54. The Morgan fingerprint density at radius 1 is 1.00 bits per heavy atom. The molecule has 27 heavy (non-hydrogen) atoms. The smallest absolute Gasteiger partial charge is 0.225 e. The second-order valence-electron chi connectivity index (χ2n) is 7.91. The molecule has 1 saturated heterocycles. The lowest BCUT2D eigenvalue weighted by atomic mass is 10.0. The highest BCUT2D eigenvalue weighted by atomic mass is 16.2. The number of piperazine rings is 1. The summed E-state index contributed by atoms with van der Waals surface area (Å²) in [5.41, 5.74) is 4.80. The Bertz CT molecular complexity index is 834. The van der Waals surface area contributed by atoms with Crippen LogP contribution in [0, 0.1) is 26.7 Å². The van der Waals surface area contributed by atoms with Crippen molar-refractivity contribution in [1.29, 1.82) is 0 Å². The first kappa shape index (κ1) is 18.0. The molecule has 1 saturated carbocycles. The first-order chi connectivity index (χ1) is 13.0. The highest BCUT2D eigenvalue weighted by molar-refractivity contribution is 5.81. The van der Waals surface area contributed by atoms with Crippen LogP contribution in [0.5, 0.6) is 0 Å². The number of hydrogen-bond acceptors (Lipinski definition) is 4. The number of hydrogen-bond donors (Lipinski definition) is 0. The van der Waals surface area contributed by atoms with E-state index < -0.39 is 0 Å². The molecular formula is C22H28N4O. The van der Waals surface area contributed by atoms with E-state index in [0.717, 1.165) is 62.8 Å². The Hall–Kier alpha value is -2.43. The maximum atomic E-state index is 12.3. The molecule has 1 aromatic heterocycles. The first-order valence-electron chi connectivity index (χ1n) is 9.94. The summed E-state index contributed by atoms with van der Waals surface area (Å²) in [6.07, 6.45) is 2.98. The van der Waals surface area contributed by atoms with Gasteiger partial charge in [0.1, 0.15) is 11.6 Å². The van der Waals surface area contributed by atoms with Crippen molar-refractivity contribution in [3.63, 3.8) is 0 Å². The minimum atomic E-state index is 0.303. The maximum Gasteiger partial charge on any atom is 0.225 e. The van der Waals surface area contributed by atoms with Crippen LogP contribution in [0.2, 0.25) is 0 Å². The Morgan fingerprint density at radius 3 is 2.30 bits per heavy atom. The number of carbonyl (C=O) groups is 1. The van der Waals surface area contributed by atoms with E-state index in [1.165, 1.54) is 16.7 Å². The van der Waals surface area contributed by atoms with E-state index in [0.29, 0.717) is 11.8 Å². The van der Waals surface area contributed by atoms with Gasteiger partial charge in [0.25, 0.3) is 0 Å². The standard InChI is InChI=1S/C22H28N4O/c1-15-4-6-18(7-5-15)14-20-16(2)23-17(3)24-21(20)25-10-12-26(13-11-25)22(27)19-8-9-19/h4-7,19H,8-14H2,1-3H3. The van der Waals surface area contributed by atoms with Gasteiger partial charge in [-0.15, -0.1) is 0 Å². The van der Waals surface area contributed by atoms with Crippen LogP contribution in [0.3, 0.4) is 0 Å². The summed E-state index contributed by atoms with van der Waals surface area (Å²) in [5.74, 6) is 2.51. The molecule has 0 radical (unpaired) electrons. The van der Waals surface area contributed by atoms with E-state index in [4.69, 9.17) is 4.98 Å². The molecule has 0 atom stereocenters. The van der Waals surface area contributed by atoms with Gasteiger partial charge >= 0.3 is 0 Å². The van der Waals surface area contributed by atoms with Crippen molar-refractivity contribution in [2.75, 3.05) is 31.1 Å². The van der Waals surface area contributed by atoms with E-state index in [2.05, 4.69) is 48.0 Å². The van der Waals surface area contributed by atoms with E-state index in [1.54, 1.807) is 0 Å². The number of aryl methyl sites for hydroxylation is 3. The second kappa shape index (κ2) is 7.29. The largest absolute Gasteiger partial charge is 0.353 e. The molecule has 1 amide bonds. The number of carbonyl (C=O) groups excluding carboxylic acids is 1. The Morgan fingerprint density at radius 2 is 1.67 bits per heavy atom. The quantitative estimate of drug-likeness (QED) is 0.837. The zero-order chi connectivity index (χ0) is 19.0. The first-order valence-corrected chi connectivity index (χ1v) is 9.94. The fourth-order valence-electron chi connectivity index (χ4n) is 3.82. The van der Waals surface area contributed by atoms with Gasteiger partial charge in [-0.1, -0.05) is 29.8 Å². The van der Waals surface area contributed by atoms with Crippen LogP contribution in [0.15, 0.2) is 24.3 Å². The van der Waals surface area contributed by atoms with Crippen molar-refractivity contribution in [2.45, 2.75) is 40.0 Å². The molecule has 2 fully saturated rings. The highest BCUT2D eigenvalue weighted by Crippen LogP contribution is 2.32. The maximum absolute atomic E-state index is 12.3. The van der Waals surface area contributed by atoms with Gasteiger partial charge in [0, 0.05) is 49.8 Å². The number of anilines is 1. The minimum absolute atomic E-state index is 0.303. The molecule has 1 aromatic carbocycles. The molecule has 0 bridgehead atoms. The molecule has 1 aliphatic carbocycles. The zero-order valence-corrected chi connectivity index (χ0v) is 16.5. The summed E-state index contributed by atoms with van der Waals surface area (Å²) in [7, 11) is 0. The van der Waals surface area contributed by atoms with Gasteiger partial charge in [0.05, 0.1) is 0 Å². The molecule has 5 heteroatoms. The Kier molecular flexibility index (Phi) is 4.85. The third kappa shape index (κ3) is 3.97. The van der Waals surface area contributed by atoms with Crippen molar-refractivity contribution >= 4 is 11.7 Å². The van der Waals surface area contributed by atoms with Gasteiger partial charge in [0.15, 0.2) is 0 Å². The minimum Gasteiger partial charge on any atom is -0.353 e. The monoisotopic (exact) mass is 364 g/mol. The third-order valence-corrected chi connectivity index (χ3v) is 5.62. The van der Waals surface area contributed by atoms with Gasteiger partial charge in [0.2, 0.25) is 5.91 Å². The summed E-state index contributed by atoms with van der Waals surface area (Å²) < 4.78 is 0. The van der Waals surface area contributed by atoms with Gasteiger partial charge in [-0.2, -0.15) is 0 Å². The summed E-state index contributed by atoms with van der Waals surface area (Å²) >= 11 is 0. The number of aromatic nitrogens is 2. The fourth-order valence-corrected chi connectivity index (χ4v) is 3.82. The van der Waals surface area contributed by atoms with Gasteiger partial charge in [-0.25, -0.2) is 9.97 Å². The summed E-state index contributed by atoms with van der Waals surface area (Å²) in [6.45, 7) is 9.42. The van der Waals surface area contributed by atoms with E-state index >= 15 is 0 Å². The predicted octanol–water partition coefficient (Wildman–Crippen LogP) is 3.05. The molecular weight excluding hydrogens is 336 g/mol. The van der Waals surface area contributed by atoms with E-state index in [-0.39, 0.29) is 0 Å². The lowest BCUT2D eigenvalue weighted by Gasteiger charge is -2.36. The van der Waals surface area contributed by atoms with Crippen LogP contribution < -0.4 is 4.90 Å². The van der Waals surface area contributed by atoms with Crippen LogP contribution in [-0.4, -0.2) is 47.0 Å². The van der Waals surface area contributed by atoms with Crippen molar-refractivity contribution in [1.82, 2.24) is 14.9 Å². The molecule has 2 aliphatic rings. The predicted molar refractivity (Wildman–Crippen MR) is 107 cm³/mol. The summed E-state index contributed by atoms with van der Waals surface area (Å²) in [5, 5.41) is 0. The lowest BCUT2D eigenvalue weighted by molar-refractivity contribution is -0.132. The highest BCUT2D eigenvalue weighted by Gasteiger charge is 2.35. The van der Waals surface area contributed by atoms with Crippen LogP contribution in [0.25, 0.3) is 0 Å². The molecule has 5 nitrogen and oxygen atoms in total. The van der Waals surface area contributed by atoms with Crippen LogP contribution in [-0.2, 0) is 11.2 Å². The van der Waals surface area contributed by atoms with Crippen molar-refractivity contribution in [3.8, 4) is 0 Å². The lowest BCUT2D eigenvalue weighted by Crippen LogP contribution is -2.49. The number of benzene rings is 1.